The predicted octanol–water partition coefficient (Wildman–Crippen LogP) is 2.79. The summed E-state index contributed by atoms with van der Waals surface area (Å²) in [4.78, 5) is 0. The monoisotopic (exact) mass is 262 g/mol. The lowest BCUT2D eigenvalue weighted by Gasteiger charge is -2.43. The molecular formula is C16H22O3. The van der Waals surface area contributed by atoms with E-state index in [4.69, 9.17) is 9.47 Å². The Morgan fingerprint density at radius 1 is 1.32 bits per heavy atom. The van der Waals surface area contributed by atoms with E-state index < -0.39 is 5.60 Å². The molecule has 1 N–H and O–H groups in total. The number of benzene rings is 1. The number of ether oxygens (including phenoxy) is 2. The molecule has 1 aromatic rings. The summed E-state index contributed by atoms with van der Waals surface area (Å²) in [5.41, 5.74) is 1.11. The van der Waals surface area contributed by atoms with Crippen LogP contribution in [0.15, 0.2) is 18.2 Å². The fourth-order valence-electron chi connectivity index (χ4n) is 3.26. The highest BCUT2D eigenvalue weighted by atomic mass is 16.5. The molecule has 0 spiro atoms. The maximum Gasteiger partial charge on any atom is 0.128 e. The van der Waals surface area contributed by atoms with Crippen molar-refractivity contribution in [2.75, 3.05) is 13.2 Å². The second kappa shape index (κ2) is 4.50. The van der Waals surface area contributed by atoms with Crippen LogP contribution in [-0.4, -0.2) is 23.9 Å². The van der Waals surface area contributed by atoms with Crippen molar-refractivity contribution in [3.8, 4) is 5.75 Å². The van der Waals surface area contributed by atoms with Crippen molar-refractivity contribution in [2.45, 2.75) is 50.7 Å². The van der Waals surface area contributed by atoms with Crippen LogP contribution in [0.4, 0.5) is 0 Å². The van der Waals surface area contributed by atoms with Crippen LogP contribution in [0.2, 0.25) is 0 Å². The van der Waals surface area contributed by atoms with Crippen molar-refractivity contribution in [1.82, 2.24) is 0 Å². The molecule has 0 amide bonds. The summed E-state index contributed by atoms with van der Waals surface area (Å²) in [6.45, 7) is 5.52. The van der Waals surface area contributed by atoms with E-state index in [1.807, 2.05) is 12.1 Å². The van der Waals surface area contributed by atoms with Gasteiger partial charge in [0.2, 0.25) is 0 Å². The molecule has 0 aromatic heterocycles. The molecule has 2 heterocycles. The van der Waals surface area contributed by atoms with Crippen molar-refractivity contribution in [2.24, 2.45) is 0 Å². The Hall–Kier alpha value is -1.06. The molecule has 3 nitrogen and oxygen atoms in total. The third-order valence-electron chi connectivity index (χ3n) is 4.60. The van der Waals surface area contributed by atoms with Gasteiger partial charge in [0.1, 0.15) is 5.75 Å². The SMILES string of the molecule is CCC1(C)CC(O)(c2cccc3c2OCC3)CCO1. The number of aliphatic hydroxyl groups is 1. The first-order valence-corrected chi connectivity index (χ1v) is 7.18. The van der Waals surface area contributed by atoms with Gasteiger partial charge in [0.25, 0.3) is 0 Å². The zero-order valence-electron chi connectivity index (χ0n) is 11.7. The van der Waals surface area contributed by atoms with E-state index in [1.54, 1.807) is 0 Å². The Balaban J connectivity index is 1.99. The van der Waals surface area contributed by atoms with E-state index >= 15 is 0 Å². The van der Waals surface area contributed by atoms with Gasteiger partial charge >= 0.3 is 0 Å². The molecule has 2 atom stereocenters. The van der Waals surface area contributed by atoms with Crippen molar-refractivity contribution >= 4 is 0 Å². The summed E-state index contributed by atoms with van der Waals surface area (Å²) < 4.78 is 11.6. The van der Waals surface area contributed by atoms with Gasteiger partial charge in [-0.3, -0.25) is 0 Å². The Morgan fingerprint density at radius 3 is 2.95 bits per heavy atom. The van der Waals surface area contributed by atoms with Crippen LogP contribution in [0.1, 0.15) is 44.2 Å². The molecule has 19 heavy (non-hydrogen) atoms. The Labute approximate surface area is 114 Å². The fraction of sp³-hybridized carbons (Fsp3) is 0.625. The largest absolute Gasteiger partial charge is 0.493 e. The van der Waals surface area contributed by atoms with Gasteiger partial charge in [-0.1, -0.05) is 25.1 Å². The first kappa shape index (κ1) is 12.9. The minimum absolute atomic E-state index is 0.242. The zero-order chi connectivity index (χ0) is 13.5. The van der Waals surface area contributed by atoms with Crippen LogP contribution in [-0.2, 0) is 16.8 Å². The van der Waals surface area contributed by atoms with Crippen LogP contribution < -0.4 is 4.74 Å². The molecule has 2 aliphatic heterocycles. The van der Waals surface area contributed by atoms with Gasteiger partial charge in [-0.15, -0.1) is 0 Å². The quantitative estimate of drug-likeness (QED) is 0.890. The Bertz CT molecular complexity index is 485. The summed E-state index contributed by atoms with van der Waals surface area (Å²) in [5, 5.41) is 11.1. The highest BCUT2D eigenvalue weighted by molar-refractivity contribution is 5.47. The maximum absolute atomic E-state index is 11.1. The second-order valence-electron chi connectivity index (χ2n) is 6.00. The number of para-hydroxylation sites is 1. The van der Waals surface area contributed by atoms with Crippen LogP contribution >= 0.6 is 0 Å². The summed E-state index contributed by atoms with van der Waals surface area (Å²) in [7, 11) is 0. The molecule has 0 saturated carbocycles. The highest BCUT2D eigenvalue weighted by Crippen LogP contribution is 2.45. The minimum Gasteiger partial charge on any atom is -0.493 e. The standard InChI is InChI=1S/C16H22O3/c1-3-15(2)11-16(17,8-10-19-15)13-6-4-5-12-7-9-18-14(12)13/h4-6,17H,3,7-11H2,1-2H3. The van der Waals surface area contributed by atoms with E-state index in [-0.39, 0.29) is 5.60 Å². The smallest absolute Gasteiger partial charge is 0.128 e. The third kappa shape index (κ3) is 2.15. The maximum atomic E-state index is 11.1. The summed E-state index contributed by atoms with van der Waals surface area (Å²) in [6.07, 6.45) is 3.13. The minimum atomic E-state index is -0.821. The first-order chi connectivity index (χ1) is 9.06. The lowest BCUT2D eigenvalue weighted by Crippen LogP contribution is -2.45. The van der Waals surface area contributed by atoms with Crippen molar-refractivity contribution in [3.63, 3.8) is 0 Å². The molecule has 2 aliphatic rings. The van der Waals surface area contributed by atoms with Gasteiger partial charge in [-0.05, 0) is 18.9 Å². The second-order valence-corrected chi connectivity index (χ2v) is 6.00. The lowest BCUT2D eigenvalue weighted by molar-refractivity contribution is -0.158. The van der Waals surface area contributed by atoms with E-state index in [2.05, 4.69) is 19.9 Å². The van der Waals surface area contributed by atoms with E-state index in [0.717, 1.165) is 30.8 Å². The lowest BCUT2D eigenvalue weighted by atomic mass is 9.77. The summed E-state index contributed by atoms with van der Waals surface area (Å²) in [5.74, 6) is 0.908. The fourth-order valence-corrected chi connectivity index (χ4v) is 3.26. The van der Waals surface area contributed by atoms with Gasteiger partial charge in [0.15, 0.2) is 0 Å². The molecule has 3 heteroatoms. The van der Waals surface area contributed by atoms with Crippen LogP contribution in [0.25, 0.3) is 0 Å². The van der Waals surface area contributed by atoms with Gasteiger partial charge in [-0.2, -0.15) is 0 Å². The van der Waals surface area contributed by atoms with E-state index in [1.165, 1.54) is 5.56 Å². The molecule has 0 aliphatic carbocycles. The zero-order valence-corrected chi connectivity index (χ0v) is 11.7. The van der Waals surface area contributed by atoms with E-state index in [0.29, 0.717) is 19.4 Å². The molecule has 1 fully saturated rings. The predicted molar refractivity (Wildman–Crippen MR) is 73.4 cm³/mol. The van der Waals surface area contributed by atoms with Crippen molar-refractivity contribution in [1.29, 1.82) is 0 Å². The summed E-state index contributed by atoms with van der Waals surface area (Å²) >= 11 is 0. The number of rotatable bonds is 2. The normalized spacial score (nSPS) is 33.8. The Morgan fingerprint density at radius 2 is 2.16 bits per heavy atom. The average molecular weight is 262 g/mol. The number of fused-ring (bicyclic) bond motifs is 1. The van der Waals surface area contributed by atoms with Crippen molar-refractivity contribution in [3.05, 3.63) is 29.3 Å². The molecule has 2 unspecified atom stereocenters. The Kier molecular flexibility index (Phi) is 3.06. The highest BCUT2D eigenvalue weighted by Gasteiger charge is 2.44. The molecule has 0 radical (unpaired) electrons. The summed E-state index contributed by atoms with van der Waals surface area (Å²) in [6, 6.07) is 6.12. The average Bonchev–Trinajstić information content (AvgIpc) is 2.86. The topological polar surface area (TPSA) is 38.7 Å². The van der Waals surface area contributed by atoms with Gasteiger partial charge in [0.05, 0.1) is 24.4 Å². The molecular weight excluding hydrogens is 240 g/mol. The van der Waals surface area contributed by atoms with Crippen LogP contribution in [0.3, 0.4) is 0 Å². The molecule has 0 bridgehead atoms. The third-order valence-corrected chi connectivity index (χ3v) is 4.60. The van der Waals surface area contributed by atoms with E-state index in [9.17, 15) is 5.11 Å². The number of hydrogen-bond acceptors (Lipinski definition) is 3. The van der Waals surface area contributed by atoms with Crippen LogP contribution in [0, 0.1) is 0 Å². The number of hydrogen-bond donors (Lipinski definition) is 1. The molecule has 1 aromatic carbocycles. The molecule has 104 valence electrons. The van der Waals surface area contributed by atoms with Gasteiger partial charge < -0.3 is 14.6 Å². The van der Waals surface area contributed by atoms with Gasteiger partial charge in [0, 0.05) is 24.8 Å². The molecule has 3 rings (SSSR count). The molecule has 1 saturated heterocycles. The van der Waals surface area contributed by atoms with Crippen molar-refractivity contribution < 1.29 is 14.6 Å². The first-order valence-electron chi connectivity index (χ1n) is 7.18. The van der Waals surface area contributed by atoms with Gasteiger partial charge in [-0.25, -0.2) is 0 Å². The van der Waals surface area contributed by atoms with Crippen LogP contribution in [0.5, 0.6) is 5.75 Å².